The molecule has 0 spiro atoms. The lowest BCUT2D eigenvalue weighted by atomic mass is 10.0. The van der Waals surface area contributed by atoms with Crippen LogP contribution in [0.2, 0.25) is 0 Å². The fourth-order valence-corrected chi connectivity index (χ4v) is 6.53. The SMILES string of the molecule is CN(CCN1CC[C@@H](O)C1)c1ccc(C(=O)Nc2n[nH]c3ccc(Cc4cc(F)cc(F)c4)cc23)c(N(C(=O)C(F)(F)F)C2CCOCC2)c1. The van der Waals surface area contributed by atoms with Gasteiger partial charge in [-0.1, -0.05) is 6.07 Å². The molecule has 1 atom stereocenters. The van der Waals surface area contributed by atoms with Crippen LogP contribution in [-0.2, 0) is 16.0 Å². The second-order valence-electron chi connectivity index (χ2n) is 12.7. The smallest absolute Gasteiger partial charge is 0.392 e. The molecule has 2 fully saturated rings. The number of benzene rings is 3. The Morgan fingerprint density at radius 1 is 1.02 bits per heavy atom. The normalized spacial score (nSPS) is 17.3. The first-order chi connectivity index (χ1) is 23.9. The molecule has 3 N–H and O–H groups in total. The molecule has 2 aliphatic heterocycles. The number of aliphatic hydroxyl groups is 1. The molecule has 2 saturated heterocycles. The molecule has 0 unspecified atom stereocenters. The van der Waals surface area contributed by atoms with Crippen LogP contribution in [-0.4, -0.2) is 96.8 Å². The number of aromatic nitrogens is 2. The van der Waals surface area contributed by atoms with Gasteiger partial charge in [0.05, 0.1) is 22.9 Å². The number of amides is 2. The van der Waals surface area contributed by atoms with Crippen LogP contribution in [0.5, 0.6) is 0 Å². The maximum Gasteiger partial charge on any atom is 0.471 e. The Balaban J connectivity index is 1.33. The minimum Gasteiger partial charge on any atom is -0.392 e. The number of carbonyl (C=O) groups is 2. The standard InChI is InChI=1S/C35H37F5N6O4/c1-44(10-11-45-9-6-27(47)20-45)26-3-4-28(31(19-26)46(34(49)35(38,39)40)25-7-12-50-13-8-25)33(48)41-32-29-17-21(2-5-30(29)42-43-32)14-22-15-23(36)18-24(37)16-22/h2-5,15-19,25,27,47H,6-14,20H2,1H3,(H2,41,42,43,48)/t27-/m1/s1. The number of β-amino-alcohol motifs (C(OH)–C–C–N with tert-alkyl or cyclic N) is 1. The zero-order valence-electron chi connectivity index (χ0n) is 27.3. The van der Waals surface area contributed by atoms with Gasteiger partial charge in [0.15, 0.2) is 5.82 Å². The molecule has 3 heterocycles. The van der Waals surface area contributed by atoms with Crippen molar-refractivity contribution in [2.45, 2.75) is 44.0 Å². The van der Waals surface area contributed by atoms with Gasteiger partial charge in [-0.05, 0) is 79.3 Å². The first-order valence-electron chi connectivity index (χ1n) is 16.3. The van der Waals surface area contributed by atoms with E-state index in [-0.39, 0.29) is 49.5 Å². The lowest BCUT2D eigenvalue weighted by Crippen LogP contribution is -2.50. The highest BCUT2D eigenvalue weighted by atomic mass is 19.4. The van der Waals surface area contributed by atoms with Crippen molar-refractivity contribution in [2.24, 2.45) is 0 Å². The molecule has 1 aromatic heterocycles. The quantitative estimate of drug-likeness (QED) is 0.194. The number of nitrogens with zero attached hydrogens (tertiary/aromatic N) is 4. The van der Waals surface area contributed by atoms with Crippen LogP contribution in [0.1, 0.15) is 40.7 Å². The Morgan fingerprint density at radius 3 is 2.44 bits per heavy atom. The molecule has 2 aliphatic rings. The average molecular weight is 701 g/mol. The number of carbonyl (C=O) groups excluding carboxylic acids is 2. The van der Waals surface area contributed by atoms with E-state index in [0.29, 0.717) is 58.7 Å². The molecule has 50 heavy (non-hydrogen) atoms. The third kappa shape index (κ3) is 8.06. The van der Waals surface area contributed by atoms with Gasteiger partial charge in [0, 0.05) is 69.6 Å². The third-order valence-corrected chi connectivity index (χ3v) is 9.13. The number of H-pyrrole nitrogens is 1. The third-order valence-electron chi connectivity index (χ3n) is 9.13. The summed E-state index contributed by atoms with van der Waals surface area (Å²) in [6.07, 6.45) is -4.49. The summed E-state index contributed by atoms with van der Waals surface area (Å²) in [5, 5.41) is 20.0. The van der Waals surface area contributed by atoms with E-state index in [1.54, 1.807) is 31.3 Å². The highest BCUT2D eigenvalue weighted by Crippen LogP contribution is 2.35. The van der Waals surface area contributed by atoms with E-state index >= 15 is 0 Å². The highest BCUT2D eigenvalue weighted by molar-refractivity contribution is 6.13. The molecule has 15 heteroatoms. The summed E-state index contributed by atoms with van der Waals surface area (Å²) in [5.41, 5.74) is 1.71. The van der Waals surface area contributed by atoms with Crippen molar-refractivity contribution in [2.75, 3.05) is 61.6 Å². The predicted octanol–water partition coefficient (Wildman–Crippen LogP) is 5.26. The number of anilines is 3. The number of aromatic amines is 1. The van der Waals surface area contributed by atoms with Gasteiger partial charge in [0.25, 0.3) is 5.91 Å². The highest BCUT2D eigenvalue weighted by Gasteiger charge is 2.46. The van der Waals surface area contributed by atoms with Crippen LogP contribution in [0.15, 0.2) is 54.6 Å². The summed E-state index contributed by atoms with van der Waals surface area (Å²) in [4.78, 5) is 31.6. The Bertz CT molecular complexity index is 1840. The number of alkyl halides is 3. The van der Waals surface area contributed by atoms with E-state index in [1.165, 1.54) is 24.3 Å². The van der Waals surface area contributed by atoms with Gasteiger partial charge in [0.1, 0.15) is 11.6 Å². The fourth-order valence-electron chi connectivity index (χ4n) is 6.53. The summed E-state index contributed by atoms with van der Waals surface area (Å²) in [5.74, 6) is -4.23. The predicted molar refractivity (Wildman–Crippen MR) is 177 cm³/mol. The van der Waals surface area contributed by atoms with Crippen molar-refractivity contribution in [1.29, 1.82) is 0 Å². The zero-order chi connectivity index (χ0) is 35.6. The lowest BCUT2D eigenvalue weighted by molar-refractivity contribution is -0.171. The van der Waals surface area contributed by atoms with Gasteiger partial charge < -0.3 is 25.0 Å². The van der Waals surface area contributed by atoms with Gasteiger partial charge in [0.2, 0.25) is 0 Å². The number of aliphatic hydroxyl groups excluding tert-OH is 1. The molecular formula is C35H37F5N6O4. The maximum absolute atomic E-state index is 14.2. The van der Waals surface area contributed by atoms with E-state index in [2.05, 4.69) is 20.4 Å². The molecule has 4 aromatic rings. The largest absolute Gasteiger partial charge is 0.471 e. The molecule has 0 aliphatic carbocycles. The van der Waals surface area contributed by atoms with E-state index < -0.39 is 41.8 Å². The molecule has 0 bridgehead atoms. The number of ether oxygens (including phenoxy) is 1. The number of halogens is 5. The number of likely N-dealkylation sites (tertiary alicyclic amines) is 1. The van der Waals surface area contributed by atoms with E-state index in [9.17, 15) is 36.6 Å². The van der Waals surface area contributed by atoms with Gasteiger partial charge in [-0.3, -0.25) is 19.6 Å². The topological polar surface area (TPSA) is 114 Å². The van der Waals surface area contributed by atoms with Crippen molar-refractivity contribution in [1.82, 2.24) is 15.1 Å². The maximum atomic E-state index is 14.2. The molecule has 10 nitrogen and oxygen atoms in total. The summed E-state index contributed by atoms with van der Waals surface area (Å²) in [6.45, 7) is 2.63. The monoisotopic (exact) mass is 700 g/mol. The van der Waals surface area contributed by atoms with Gasteiger partial charge >= 0.3 is 12.1 Å². The first kappa shape index (κ1) is 35.2. The fraction of sp³-hybridized carbons (Fsp3) is 0.400. The first-order valence-corrected chi connectivity index (χ1v) is 16.3. The molecule has 2 amide bonds. The minimum absolute atomic E-state index is 0.0805. The van der Waals surface area contributed by atoms with Crippen molar-refractivity contribution < 1.29 is 41.4 Å². The van der Waals surface area contributed by atoms with Crippen LogP contribution < -0.4 is 15.1 Å². The molecule has 6 rings (SSSR count). The van der Waals surface area contributed by atoms with E-state index in [1.807, 2.05) is 4.90 Å². The summed E-state index contributed by atoms with van der Waals surface area (Å²) in [6, 6.07) is 11.9. The van der Waals surface area contributed by atoms with Crippen LogP contribution in [0.4, 0.5) is 39.1 Å². The lowest BCUT2D eigenvalue weighted by Gasteiger charge is -2.36. The molecule has 0 saturated carbocycles. The Kier molecular flexibility index (Phi) is 10.4. The van der Waals surface area contributed by atoms with Crippen molar-refractivity contribution in [3.05, 3.63) is 82.9 Å². The van der Waals surface area contributed by atoms with Crippen molar-refractivity contribution in [3.63, 3.8) is 0 Å². The minimum atomic E-state index is -5.22. The van der Waals surface area contributed by atoms with Crippen LogP contribution >= 0.6 is 0 Å². The number of nitrogens with one attached hydrogen (secondary N) is 2. The number of likely N-dealkylation sites (N-methyl/N-ethyl adjacent to an activating group) is 1. The number of hydrogen-bond acceptors (Lipinski definition) is 7. The molecule has 266 valence electrons. The van der Waals surface area contributed by atoms with Crippen molar-refractivity contribution in [3.8, 4) is 0 Å². The molecule has 0 radical (unpaired) electrons. The van der Waals surface area contributed by atoms with E-state index in [0.717, 1.165) is 12.6 Å². The number of fused-ring (bicyclic) bond motifs is 1. The summed E-state index contributed by atoms with van der Waals surface area (Å²) >= 11 is 0. The summed E-state index contributed by atoms with van der Waals surface area (Å²) in [7, 11) is 1.77. The second-order valence-corrected chi connectivity index (χ2v) is 12.7. The number of hydrogen-bond donors (Lipinski definition) is 3. The summed E-state index contributed by atoms with van der Waals surface area (Å²) < 4.78 is 75.5. The van der Waals surface area contributed by atoms with Crippen LogP contribution in [0, 0.1) is 11.6 Å². The van der Waals surface area contributed by atoms with Gasteiger partial charge in [-0.15, -0.1) is 0 Å². The Morgan fingerprint density at radius 2 is 1.76 bits per heavy atom. The molecular weight excluding hydrogens is 663 g/mol. The zero-order valence-corrected chi connectivity index (χ0v) is 27.3. The van der Waals surface area contributed by atoms with E-state index in [4.69, 9.17) is 4.74 Å². The molecule has 3 aromatic carbocycles. The van der Waals surface area contributed by atoms with Crippen LogP contribution in [0.25, 0.3) is 10.9 Å². The second kappa shape index (κ2) is 14.7. The van der Waals surface area contributed by atoms with Gasteiger partial charge in [-0.25, -0.2) is 8.78 Å². The van der Waals surface area contributed by atoms with Crippen molar-refractivity contribution >= 4 is 39.9 Å². The van der Waals surface area contributed by atoms with Crippen LogP contribution in [0.3, 0.4) is 0 Å². The number of rotatable bonds is 10. The Hall–Kier alpha value is -4.60. The average Bonchev–Trinajstić information content (AvgIpc) is 3.68. The van der Waals surface area contributed by atoms with Gasteiger partial charge in [-0.2, -0.15) is 18.3 Å². The Labute approximate surface area is 284 Å².